The molecule has 3 aromatic carbocycles. The van der Waals surface area contributed by atoms with Gasteiger partial charge in [0.1, 0.15) is 0 Å². The summed E-state index contributed by atoms with van der Waals surface area (Å²) in [4.78, 5) is 0.621. The number of hydrogen-bond donors (Lipinski definition) is 0. The number of rotatable bonds is 5. The van der Waals surface area contributed by atoms with Gasteiger partial charge in [-0.2, -0.15) is 0 Å². The molecule has 0 unspecified atom stereocenters. The first kappa shape index (κ1) is 17.7. The normalized spacial score (nSPS) is 11.3. The van der Waals surface area contributed by atoms with Crippen LogP contribution in [0.4, 0.5) is 0 Å². The van der Waals surface area contributed by atoms with Gasteiger partial charge in [0.05, 0.1) is 0 Å². The van der Waals surface area contributed by atoms with Crippen molar-refractivity contribution in [1.29, 1.82) is 0 Å². The number of hydrogen-bond acceptors (Lipinski definition) is 3. The Kier molecular flexibility index (Phi) is 5.28. The molecule has 0 saturated heterocycles. The van der Waals surface area contributed by atoms with Gasteiger partial charge in [-0.05, 0) is 0 Å². The molecule has 3 aromatic rings. The zero-order valence-corrected chi connectivity index (χ0v) is 16.5. The zero-order valence-electron chi connectivity index (χ0n) is 14.0. The molecule has 0 fully saturated rings. The summed E-state index contributed by atoms with van der Waals surface area (Å²) in [5, 5.41) is 0. The molecule has 0 N–H and O–H groups in total. The van der Waals surface area contributed by atoms with E-state index in [2.05, 4.69) is 0 Å². The number of ether oxygens (including phenoxy) is 1. The van der Waals surface area contributed by atoms with E-state index in [9.17, 15) is 8.42 Å². The third-order valence-electron chi connectivity index (χ3n) is 3.75. The predicted octanol–water partition coefficient (Wildman–Crippen LogP) is 2.49. The van der Waals surface area contributed by atoms with Crippen LogP contribution in [-0.2, 0) is 9.84 Å². The summed E-state index contributed by atoms with van der Waals surface area (Å²) in [5.74, 6) is 0.608. The molecule has 128 valence electrons. The summed E-state index contributed by atoms with van der Waals surface area (Å²) in [6.45, 7) is 1.94. The van der Waals surface area contributed by atoms with Gasteiger partial charge in [-0.25, -0.2) is 0 Å². The van der Waals surface area contributed by atoms with Crippen molar-refractivity contribution in [3.8, 4) is 5.75 Å². The van der Waals surface area contributed by atoms with Crippen molar-refractivity contribution in [2.75, 3.05) is 7.11 Å². The van der Waals surface area contributed by atoms with E-state index in [-0.39, 0.29) is 15.0 Å². The molecular weight excluding hydrogens is 399 g/mol. The SMILES string of the molecule is COc1cccc(S(=O)(=O)c2ccc(C)cc2)c1[Se]c1ccccc1. The van der Waals surface area contributed by atoms with E-state index in [0.717, 1.165) is 14.5 Å². The standard InChI is InChI=1S/C20H18O3SSe/c1-15-11-13-16(14-12-15)24(21,22)19-10-6-9-18(23-2)20(19)25-17-7-4-3-5-8-17/h3-14H,1-2H3. The van der Waals surface area contributed by atoms with Crippen molar-refractivity contribution in [2.45, 2.75) is 16.7 Å². The van der Waals surface area contributed by atoms with Crippen LogP contribution < -0.4 is 13.7 Å². The Morgan fingerprint density at radius 2 is 1.52 bits per heavy atom. The van der Waals surface area contributed by atoms with E-state index >= 15 is 0 Å². The van der Waals surface area contributed by atoms with E-state index in [1.807, 2.05) is 55.5 Å². The Balaban J connectivity index is 2.14. The van der Waals surface area contributed by atoms with Crippen LogP contribution in [-0.4, -0.2) is 30.5 Å². The summed E-state index contributed by atoms with van der Waals surface area (Å²) in [6, 6.07) is 22.0. The van der Waals surface area contributed by atoms with Gasteiger partial charge in [-0.1, -0.05) is 0 Å². The van der Waals surface area contributed by atoms with Crippen molar-refractivity contribution in [3.63, 3.8) is 0 Å². The van der Waals surface area contributed by atoms with E-state index in [4.69, 9.17) is 4.74 Å². The van der Waals surface area contributed by atoms with Crippen LogP contribution in [0.1, 0.15) is 5.56 Å². The van der Waals surface area contributed by atoms with Gasteiger partial charge in [-0.3, -0.25) is 0 Å². The summed E-state index contributed by atoms with van der Waals surface area (Å²) in [5.41, 5.74) is 1.03. The van der Waals surface area contributed by atoms with Crippen molar-refractivity contribution in [2.24, 2.45) is 0 Å². The van der Waals surface area contributed by atoms with Gasteiger partial charge in [-0.15, -0.1) is 0 Å². The Bertz CT molecular complexity index is 966. The van der Waals surface area contributed by atoms with Crippen molar-refractivity contribution in [1.82, 2.24) is 0 Å². The summed E-state index contributed by atoms with van der Waals surface area (Å²) < 4.78 is 33.7. The first-order valence-corrected chi connectivity index (χ1v) is 10.9. The first-order valence-electron chi connectivity index (χ1n) is 7.74. The molecule has 3 rings (SSSR count). The number of aryl methyl sites for hydroxylation is 1. The van der Waals surface area contributed by atoms with Crippen LogP contribution in [0.5, 0.6) is 5.75 Å². The number of methoxy groups -OCH3 is 1. The van der Waals surface area contributed by atoms with Gasteiger partial charge in [0.25, 0.3) is 0 Å². The Hall–Kier alpha value is -2.07. The van der Waals surface area contributed by atoms with Gasteiger partial charge < -0.3 is 0 Å². The molecule has 0 aliphatic carbocycles. The molecular formula is C20H18O3SSe. The molecule has 0 amide bonds. The van der Waals surface area contributed by atoms with Crippen molar-refractivity contribution in [3.05, 3.63) is 78.4 Å². The Labute approximate surface area is 154 Å². The topological polar surface area (TPSA) is 43.4 Å². The molecule has 5 heteroatoms. The van der Waals surface area contributed by atoms with E-state index in [0.29, 0.717) is 15.5 Å². The third-order valence-corrected chi connectivity index (χ3v) is 8.23. The quantitative estimate of drug-likeness (QED) is 0.600. The van der Waals surface area contributed by atoms with Gasteiger partial charge >= 0.3 is 155 Å². The van der Waals surface area contributed by atoms with Gasteiger partial charge in [0.15, 0.2) is 0 Å². The molecule has 0 spiro atoms. The minimum atomic E-state index is -3.60. The summed E-state index contributed by atoms with van der Waals surface area (Å²) >= 11 is -0.180. The Morgan fingerprint density at radius 1 is 0.840 bits per heavy atom. The second-order valence-electron chi connectivity index (χ2n) is 5.52. The van der Waals surface area contributed by atoms with E-state index < -0.39 is 9.84 Å². The van der Waals surface area contributed by atoms with Gasteiger partial charge in [0, 0.05) is 0 Å². The molecule has 0 aromatic heterocycles. The van der Waals surface area contributed by atoms with Crippen LogP contribution in [0.25, 0.3) is 0 Å². The molecule has 0 heterocycles. The van der Waals surface area contributed by atoms with Crippen molar-refractivity contribution >= 4 is 33.7 Å². The van der Waals surface area contributed by atoms with Crippen LogP contribution >= 0.6 is 0 Å². The fraction of sp³-hybridized carbons (Fsp3) is 0.100. The van der Waals surface area contributed by atoms with Gasteiger partial charge in [0.2, 0.25) is 0 Å². The van der Waals surface area contributed by atoms with Crippen LogP contribution in [0.15, 0.2) is 82.6 Å². The predicted molar refractivity (Wildman–Crippen MR) is 101 cm³/mol. The maximum absolute atomic E-state index is 13.2. The molecule has 3 nitrogen and oxygen atoms in total. The number of benzene rings is 3. The third kappa shape index (κ3) is 3.79. The average molecular weight is 417 g/mol. The number of sulfone groups is 1. The van der Waals surface area contributed by atoms with Crippen LogP contribution in [0.2, 0.25) is 0 Å². The molecule has 0 atom stereocenters. The van der Waals surface area contributed by atoms with Crippen LogP contribution in [0, 0.1) is 6.92 Å². The zero-order chi connectivity index (χ0) is 17.9. The second kappa shape index (κ2) is 7.44. The van der Waals surface area contributed by atoms with E-state index in [1.54, 1.807) is 31.4 Å². The second-order valence-corrected chi connectivity index (χ2v) is 9.71. The molecule has 0 radical (unpaired) electrons. The summed E-state index contributed by atoms with van der Waals surface area (Å²) in [7, 11) is -2.03. The molecule has 0 aliphatic heterocycles. The first-order chi connectivity index (χ1) is 12.0. The fourth-order valence-electron chi connectivity index (χ4n) is 2.42. The molecule has 0 bridgehead atoms. The molecule has 0 saturated carbocycles. The Morgan fingerprint density at radius 3 is 2.16 bits per heavy atom. The average Bonchev–Trinajstić information content (AvgIpc) is 2.63. The molecule has 0 aliphatic rings. The molecule has 25 heavy (non-hydrogen) atoms. The van der Waals surface area contributed by atoms with E-state index in [1.165, 1.54) is 0 Å². The minimum absolute atomic E-state index is 0.180. The summed E-state index contributed by atoms with van der Waals surface area (Å²) in [6.07, 6.45) is 0. The van der Waals surface area contributed by atoms with Crippen molar-refractivity contribution < 1.29 is 13.2 Å². The maximum atomic E-state index is 13.2. The monoisotopic (exact) mass is 418 g/mol. The van der Waals surface area contributed by atoms with Crippen LogP contribution in [0.3, 0.4) is 0 Å². The fourth-order valence-corrected chi connectivity index (χ4v) is 6.67.